The van der Waals surface area contributed by atoms with Gasteiger partial charge in [0.2, 0.25) is 0 Å². The summed E-state index contributed by atoms with van der Waals surface area (Å²) in [5.41, 5.74) is 6.07. The highest BCUT2D eigenvalue weighted by molar-refractivity contribution is 5.90. The average Bonchev–Trinajstić information content (AvgIpc) is 3.89. The van der Waals surface area contributed by atoms with Crippen molar-refractivity contribution in [2.75, 3.05) is 13.1 Å². The molecule has 0 aliphatic carbocycles. The van der Waals surface area contributed by atoms with Gasteiger partial charge in [0.05, 0.1) is 29.8 Å². The fourth-order valence-electron chi connectivity index (χ4n) is 6.82. The molecule has 2 N–H and O–H groups in total. The van der Waals surface area contributed by atoms with E-state index < -0.39 is 11.2 Å². The van der Waals surface area contributed by atoms with E-state index in [0.717, 1.165) is 68.7 Å². The van der Waals surface area contributed by atoms with Crippen LogP contribution >= 0.6 is 0 Å². The Hall–Kier alpha value is -5.38. The summed E-state index contributed by atoms with van der Waals surface area (Å²) in [6.07, 6.45) is 6.85. The highest BCUT2D eigenvalue weighted by atomic mass is 16.6. The lowest BCUT2D eigenvalue weighted by molar-refractivity contribution is 0.0213. The van der Waals surface area contributed by atoms with Crippen LogP contribution in [0.15, 0.2) is 84.7 Å². The fourth-order valence-corrected chi connectivity index (χ4v) is 6.82. The van der Waals surface area contributed by atoms with Gasteiger partial charge in [0.1, 0.15) is 28.9 Å². The van der Waals surface area contributed by atoms with Crippen LogP contribution in [0.5, 0.6) is 0 Å². The number of nitrogens with one attached hydrogen (secondary N) is 2. The molecule has 1 fully saturated rings. The van der Waals surface area contributed by atoms with Gasteiger partial charge in [-0.15, -0.1) is 0 Å². The Labute approximate surface area is 298 Å². The van der Waals surface area contributed by atoms with Crippen molar-refractivity contribution in [3.8, 4) is 33.6 Å². The van der Waals surface area contributed by atoms with E-state index in [2.05, 4.69) is 86.7 Å². The number of carbonyl (C=O) groups excluding carboxylic acids is 2. The second-order valence-corrected chi connectivity index (χ2v) is 15.6. The van der Waals surface area contributed by atoms with Crippen molar-refractivity contribution in [2.24, 2.45) is 0 Å². The molecule has 5 aromatic rings. The number of H-pyrrole nitrogens is 2. The first-order valence-corrected chi connectivity index (χ1v) is 17.6. The Morgan fingerprint density at radius 3 is 1.90 bits per heavy atom. The molecule has 3 aromatic carbocycles. The summed E-state index contributed by atoms with van der Waals surface area (Å²) in [4.78, 5) is 45.5. The van der Waals surface area contributed by atoms with Gasteiger partial charge in [-0.05, 0) is 101 Å². The van der Waals surface area contributed by atoms with Gasteiger partial charge in [0.15, 0.2) is 0 Å². The monoisotopic (exact) mass is 686 g/mol. The van der Waals surface area contributed by atoms with Gasteiger partial charge in [-0.2, -0.15) is 0 Å². The van der Waals surface area contributed by atoms with Gasteiger partial charge >= 0.3 is 12.2 Å². The molecule has 0 radical (unpaired) electrons. The number of fused-ring (bicyclic) bond motifs is 1. The fraction of sp³-hybridized carbons (Fsp3) is 0.366. The summed E-state index contributed by atoms with van der Waals surface area (Å²) in [7, 11) is 0. The molecule has 2 amide bonds. The number of hydrogen-bond donors (Lipinski definition) is 2. The maximum atomic E-state index is 12.9. The number of hydrogen-bond acceptors (Lipinski definition) is 6. The number of ether oxygens (including phenoxy) is 2. The van der Waals surface area contributed by atoms with Crippen LogP contribution in [0.4, 0.5) is 9.59 Å². The third-order valence-electron chi connectivity index (χ3n) is 9.17. The molecule has 51 heavy (non-hydrogen) atoms. The molecule has 4 heterocycles. The first kappa shape index (κ1) is 34.1. The zero-order valence-corrected chi connectivity index (χ0v) is 30.4. The van der Waals surface area contributed by atoms with Crippen LogP contribution in [0, 0.1) is 0 Å². The first-order valence-electron chi connectivity index (χ1n) is 17.6. The van der Waals surface area contributed by atoms with Crippen molar-refractivity contribution in [1.29, 1.82) is 0 Å². The van der Waals surface area contributed by atoms with Crippen molar-refractivity contribution < 1.29 is 19.1 Å². The van der Waals surface area contributed by atoms with E-state index in [4.69, 9.17) is 9.47 Å². The summed E-state index contributed by atoms with van der Waals surface area (Å²) in [5.74, 6) is 1.49. The molecule has 264 valence electrons. The predicted molar refractivity (Wildman–Crippen MR) is 199 cm³/mol. The molecule has 10 heteroatoms. The van der Waals surface area contributed by atoms with Crippen molar-refractivity contribution in [2.45, 2.75) is 84.6 Å². The van der Waals surface area contributed by atoms with Crippen LogP contribution in [0.25, 0.3) is 44.4 Å². The van der Waals surface area contributed by atoms with Gasteiger partial charge in [-0.1, -0.05) is 60.2 Å². The maximum absolute atomic E-state index is 12.9. The molecule has 0 saturated carbocycles. The zero-order valence-electron chi connectivity index (χ0n) is 30.4. The molecular weight excluding hydrogens is 640 g/mol. The first-order chi connectivity index (χ1) is 24.2. The lowest BCUT2D eigenvalue weighted by Crippen LogP contribution is -2.37. The number of carbonyl (C=O) groups is 2. The van der Waals surface area contributed by atoms with Crippen LogP contribution in [-0.4, -0.2) is 66.2 Å². The molecular formula is C41H46N6O4. The van der Waals surface area contributed by atoms with Crippen molar-refractivity contribution in [3.63, 3.8) is 0 Å². The maximum Gasteiger partial charge on any atom is 0.411 e. The molecule has 2 atom stereocenters. The average molecular weight is 687 g/mol. The van der Waals surface area contributed by atoms with E-state index in [-0.39, 0.29) is 24.3 Å². The van der Waals surface area contributed by atoms with Gasteiger partial charge in [0, 0.05) is 18.7 Å². The van der Waals surface area contributed by atoms with Gasteiger partial charge in [0.25, 0.3) is 0 Å². The molecule has 7 rings (SSSR count). The van der Waals surface area contributed by atoms with Crippen molar-refractivity contribution in [1.82, 2.24) is 29.7 Å². The number of benzene rings is 3. The number of nitrogens with zero attached hydrogens (tertiary/aromatic N) is 4. The topological polar surface area (TPSA) is 116 Å². The largest absolute Gasteiger partial charge is 0.444 e. The number of imidazole rings is 2. The van der Waals surface area contributed by atoms with Crippen LogP contribution < -0.4 is 0 Å². The minimum Gasteiger partial charge on any atom is -0.444 e. The molecule has 1 saturated heterocycles. The summed E-state index contributed by atoms with van der Waals surface area (Å²) in [6.45, 7) is 14.5. The van der Waals surface area contributed by atoms with E-state index in [9.17, 15) is 9.59 Å². The quantitative estimate of drug-likeness (QED) is 0.178. The predicted octanol–water partition coefficient (Wildman–Crippen LogP) is 9.60. The van der Waals surface area contributed by atoms with E-state index in [1.165, 1.54) is 0 Å². The molecule has 0 unspecified atom stereocenters. The summed E-state index contributed by atoms with van der Waals surface area (Å²) < 4.78 is 11.3. The van der Waals surface area contributed by atoms with Gasteiger partial charge < -0.3 is 19.4 Å². The Morgan fingerprint density at radius 2 is 1.24 bits per heavy atom. The Balaban J connectivity index is 1.05. The molecule has 2 aliphatic rings. The van der Waals surface area contributed by atoms with E-state index in [0.29, 0.717) is 18.9 Å². The SMILES string of the molecule is CC1=C[C@@H](c2ncc(-c3ccc(-c4ccc5cc(-c6cnc([C@@H]7CCCN7C(=O)OC(C)(C)C)[nH]6)ccc5c4)cc3)[nH]2)N(C(=O)OC(C)(C)C)C1. The summed E-state index contributed by atoms with van der Waals surface area (Å²) in [6, 6.07) is 20.9. The summed E-state index contributed by atoms with van der Waals surface area (Å²) >= 11 is 0. The standard InChI is InChI=1S/C41H46N6O4/c1-25-19-35(47(24-25)39(49)51-41(5,6)7)37-43-22-32(44-37)27-12-10-26(11-13-27)28-14-15-30-21-31(17-16-29(30)20-28)33-23-42-36(45-33)34-9-8-18-46(34)38(48)50-40(2,3)4/h10-17,19-23,34-35H,8-9,18,24H2,1-7H3,(H,42,45)(H,43,44)/t34-,35-/m0/s1. The highest BCUT2D eigenvalue weighted by Crippen LogP contribution is 2.35. The van der Waals surface area contributed by atoms with E-state index in [1.807, 2.05) is 60.9 Å². The number of aromatic amines is 2. The molecule has 0 spiro atoms. The third-order valence-corrected chi connectivity index (χ3v) is 9.17. The van der Waals surface area contributed by atoms with Crippen LogP contribution in [-0.2, 0) is 9.47 Å². The van der Waals surface area contributed by atoms with E-state index in [1.54, 1.807) is 9.80 Å². The number of amides is 2. The number of aromatic nitrogens is 4. The van der Waals surface area contributed by atoms with Crippen molar-refractivity contribution >= 4 is 23.0 Å². The smallest absolute Gasteiger partial charge is 0.411 e. The number of rotatable bonds is 5. The molecule has 10 nitrogen and oxygen atoms in total. The molecule has 2 aromatic heterocycles. The Morgan fingerprint density at radius 1 is 0.706 bits per heavy atom. The normalized spacial score (nSPS) is 18.0. The molecule has 2 aliphatic heterocycles. The summed E-state index contributed by atoms with van der Waals surface area (Å²) in [5, 5.41) is 2.27. The Bertz CT molecular complexity index is 2110. The van der Waals surface area contributed by atoms with Crippen LogP contribution in [0.1, 0.15) is 85.0 Å². The van der Waals surface area contributed by atoms with Crippen LogP contribution in [0.3, 0.4) is 0 Å². The highest BCUT2D eigenvalue weighted by Gasteiger charge is 2.35. The van der Waals surface area contributed by atoms with Gasteiger partial charge in [-0.3, -0.25) is 9.80 Å². The molecule has 0 bridgehead atoms. The van der Waals surface area contributed by atoms with E-state index >= 15 is 0 Å². The minimum atomic E-state index is -0.572. The van der Waals surface area contributed by atoms with Gasteiger partial charge in [-0.25, -0.2) is 19.6 Å². The lowest BCUT2D eigenvalue weighted by atomic mass is 9.98. The third kappa shape index (κ3) is 7.41. The second kappa shape index (κ2) is 13.1. The number of likely N-dealkylation sites (tertiary alicyclic amines) is 1. The lowest BCUT2D eigenvalue weighted by Gasteiger charge is -2.27. The minimum absolute atomic E-state index is 0.124. The zero-order chi connectivity index (χ0) is 36.1. The van der Waals surface area contributed by atoms with Crippen LogP contribution in [0.2, 0.25) is 0 Å². The Kier molecular flexibility index (Phi) is 8.73. The van der Waals surface area contributed by atoms with Crippen molar-refractivity contribution in [3.05, 3.63) is 96.4 Å². The second-order valence-electron chi connectivity index (χ2n) is 15.6.